The largest absolute Gasteiger partial charge is 0.468 e. The van der Waals surface area contributed by atoms with Gasteiger partial charge in [0.15, 0.2) is 0 Å². The monoisotopic (exact) mass is 251 g/mol. The predicted molar refractivity (Wildman–Crippen MR) is 66.1 cm³/mol. The maximum absolute atomic E-state index is 11.5. The summed E-state index contributed by atoms with van der Waals surface area (Å²) < 4.78 is 9.30. The summed E-state index contributed by atoms with van der Waals surface area (Å²) in [5.41, 5.74) is 1.27. The first-order valence-corrected chi connectivity index (χ1v) is 5.57. The Balaban J connectivity index is 2.73. The van der Waals surface area contributed by atoms with Gasteiger partial charge in [0.25, 0.3) is 0 Å². The van der Waals surface area contributed by atoms with Gasteiger partial charge in [-0.3, -0.25) is 4.79 Å². The van der Waals surface area contributed by atoms with Crippen molar-refractivity contribution in [2.24, 2.45) is 0 Å². The minimum Gasteiger partial charge on any atom is -0.468 e. The van der Waals surface area contributed by atoms with Crippen LogP contribution >= 0.6 is 0 Å². The van der Waals surface area contributed by atoms with Crippen molar-refractivity contribution < 1.29 is 19.1 Å². The highest BCUT2D eigenvalue weighted by Crippen LogP contribution is 2.10. The van der Waals surface area contributed by atoms with E-state index in [2.05, 4.69) is 10.1 Å². The second-order valence-corrected chi connectivity index (χ2v) is 3.77. The van der Waals surface area contributed by atoms with Crippen LogP contribution in [0.2, 0.25) is 0 Å². The van der Waals surface area contributed by atoms with Crippen LogP contribution in [0, 0.1) is 0 Å². The Bertz CT molecular complexity index is 431. The summed E-state index contributed by atoms with van der Waals surface area (Å²) in [6.45, 7) is 2.09. The smallest absolute Gasteiger partial charge is 0.338 e. The standard InChI is InChI=1S/C13H17NO4/c1-9(12(15)17-2)14-8-10-6-4-5-7-11(10)13(16)18-3/h4-7,9,14H,8H2,1-3H3/t9-/m0/s1. The van der Waals surface area contributed by atoms with Crippen molar-refractivity contribution in [3.63, 3.8) is 0 Å². The molecule has 0 bridgehead atoms. The maximum Gasteiger partial charge on any atom is 0.338 e. The molecule has 98 valence electrons. The maximum atomic E-state index is 11.5. The normalized spacial score (nSPS) is 11.7. The van der Waals surface area contributed by atoms with Crippen molar-refractivity contribution >= 4 is 11.9 Å². The Hall–Kier alpha value is -1.88. The molecule has 1 N–H and O–H groups in total. The number of esters is 2. The Morgan fingerprint density at radius 2 is 1.89 bits per heavy atom. The van der Waals surface area contributed by atoms with E-state index in [-0.39, 0.29) is 5.97 Å². The molecule has 0 saturated heterocycles. The highest BCUT2D eigenvalue weighted by Gasteiger charge is 2.15. The van der Waals surface area contributed by atoms with Crippen LogP contribution in [0.1, 0.15) is 22.8 Å². The van der Waals surface area contributed by atoms with Gasteiger partial charge in [-0.15, -0.1) is 0 Å². The highest BCUT2D eigenvalue weighted by molar-refractivity contribution is 5.91. The SMILES string of the molecule is COC(=O)c1ccccc1CN[C@@H](C)C(=O)OC. The van der Waals surface area contributed by atoms with E-state index in [1.54, 1.807) is 19.1 Å². The van der Waals surface area contributed by atoms with Crippen molar-refractivity contribution in [3.8, 4) is 0 Å². The van der Waals surface area contributed by atoms with Gasteiger partial charge in [0.2, 0.25) is 0 Å². The van der Waals surface area contributed by atoms with E-state index >= 15 is 0 Å². The summed E-state index contributed by atoms with van der Waals surface area (Å²) in [6.07, 6.45) is 0. The van der Waals surface area contributed by atoms with E-state index in [4.69, 9.17) is 4.74 Å². The minimum absolute atomic E-state index is 0.342. The number of hydrogen-bond donors (Lipinski definition) is 1. The van der Waals surface area contributed by atoms with Gasteiger partial charge in [0, 0.05) is 6.54 Å². The van der Waals surface area contributed by atoms with Crippen LogP contribution in [-0.2, 0) is 20.8 Å². The topological polar surface area (TPSA) is 64.6 Å². The van der Waals surface area contributed by atoms with Gasteiger partial charge in [-0.1, -0.05) is 18.2 Å². The number of hydrogen-bond acceptors (Lipinski definition) is 5. The lowest BCUT2D eigenvalue weighted by Crippen LogP contribution is -2.34. The summed E-state index contributed by atoms with van der Waals surface area (Å²) >= 11 is 0. The van der Waals surface area contributed by atoms with Crippen LogP contribution < -0.4 is 5.32 Å². The zero-order valence-electron chi connectivity index (χ0n) is 10.7. The van der Waals surface area contributed by atoms with E-state index < -0.39 is 12.0 Å². The molecule has 1 rings (SSSR count). The Morgan fingerprint density at radius 1 is 1.22 bits per heavy atom. The summed E-state index contributed by atoms with van der Waals surface area (Å²) in [7, 11) is 2.67. The third kappa shape index (κ3) is 3.56. The lowest BCUT2D eigenvalue weighted by atomic mass is 10.1. The van der Waals surface area contributed by atoms with Crippen LogP contribution in [0.25, 0.3) is 0 Å². The molecule has 1 aromatic carbocycles. The molecule has 0 aliphatic rings. The predicted octanol–water partition coefficient (Wildman–Crippen LogP) is 1.12. The molecule has 1 aromatic rings. The molecule has 18 heavy (non-hydrogen) atoms. The summed E-state index contributed by atoms with van der Waals surface area (Å²) in [6, 6.07) is 6.65. The molecule has 1 atom stereocenters. The lowest BCUT2D eigenvalue weighted by Gasteiger charge is -2.13. The minimum atomic E-state index is -0.430. The number of rotatable bonds is 5. The van der Waals surface area contributed by atoms with Gasteiger partial charge in [0.05, 0.1) is 19.8 Å². The zero-order chi connectivity index (χ0) is 13.5. The van der Waals surface area contributed by atoms with Gasteiger partial charge in [0.1, 0.15) is 6.04 Å². The fraction of sp³-hybridized carbons (Fsp3) is 0.385. The molecule has 0 spiro atoms. The Morgan fingerprint density at radius 3 is 2.50 bits per heavy atom. The van der Waals surface area contributed by atoms with Gasteiger partial charge in [-0.05, 0) is 18.6 Å². The van der Waals surface area contributed by atoms with Crippen molar-refractivity contribution in [3.05, 3.63) is 35.4 Å². The van der Waals surface area contributed by atoms with E-state index in [9.17, 15) is 9.59 Å². The van der Waals surface area contributed by atoms with Gasteiger partial charge in [-0.2, -0.15) is 0 Å². The fourth-order valence-electron chi connectivity index (χ4n) is 1.51. The first-order chi connectivity index (χ1) is 8.60. The third-order valence-corrected chi connectivity index (χ3v) is 2.58. The van der Waals surface area contributed by atoms with Crippen LogP contribution in [0.4, 0.5) is 0 Å². The Labute approximate surface area is 106 Å². The number of benzene rings is 1. The number of ether oxygens (including phenoxy) is 2. The molecule has 0 heterocycles. The average Bonchev–Trinajstić information content (AvgIpc) is 2.43. The molecular formula is C13H17NO4. The van der Waals surface area contributed by atoms with Gasteiger partial charge < -0.3 is 14.8 Å². The molecule has 5 nitrogen and oxygen atoms in total. The van der Waals surface area contributed by atoms with Crippen molar-refractivity contribution in [2.45, 2.75) is 19.5 Å². The number of nitrogens with one attached hydrogen (secondary N) is 1. The van der Waals surface area contributed by atoms with Crippen molar-refractivity contribution in [2.75, 3.05) is 14.2 Å². The van der Waals surface area contributed by atoms with Gasteiger partial charge in [-0.25, -0.2) is 4.79 Å². The highest BCUT2D eigenvalue weighted by atomic mass is 16.5. The number of carbonyl (C=O) groups excluding carboxylic acids is 2. The Kier molecular flexibility index (Phi) is 5.32. The van der Waals surface area contributed by atoms with Crippen LogP contribution in [0.15, 0.2) is 24.3 Å². The molecule has 0 amide bonds. The van der Waals surface area contributed by atoms with E-state index in [0.717, 1.165) is 5.56 Å². The molecule has 5 heteroatoms. The average molecular weight is 251 g/mol. The van der Waals surface area contributed by atoms with Crippen LogP contribution in [0.5, 0.6) is 0 Å². The number of carbonyl (C=O) groups is 2. The van der Waals surface area contributed by atoms with E-state index in [1.165, 1.54) is 14.2 Å². The first-order valence-electron chi connectivity index (χ1n) is 5.57. The molecule has 0 aliphatic carbocycles. The molecular weight excluding hydrogens is 234 g/mol. The summed E-state index contributed by atoms with van der Waals surface area (Å²) in [5, 5.41) is 2.99. The van der Waals surface area contributed by atoms with Gasteiger partial charge >= 0.3 is 11.9 Å². The summed E-state index contributed by atoms with van der Waals surface area (Å²) in [4.78, 5) is 22.8. The molecule has 0 aliphatic heterocycles. The third-order valence-electron chi connectivity index (χ3n) is 2.58. The molecule has 0 aromatic heterocycles. The van der Waals surface area contributed by atoms with Crippen LogP contribution in [0.3, 0.4) is 0 Å². The van der Waals surface area contributed by atoms with E-state index in [0.29, 0.717) is 12.1 Å². The van der Waals surface area contributed by atoms with Crippen molar-refractivity contribution in [1.82, 2.24) is 5.32 Å². The fourth-order valence-corrected chi connectivity index (χ4v) is 1.51. The summed E-state index contributed by atoms with van der Waals surface area (Å²) in [5.74, 6) is -0.733. The molecule has 0 radical (unpaired) electrons. The molecule has 0 fully saturated rings. The number of methoxy groups -OCH3 is 2. The van der Waals surface area contributed by atoms with E-state index in [1.807, 2.05) is 12.1 Å². The van der Waals surface area contributed by atoms with Crippen LogP contribution in [-0.4, -0.2) is 32.2 Å². The quantitative estimate of drug-likeness (QED) is 0.794. The molecule has 0 saturated carbocycles. The van der Waals surface area contributed by atoms with Crippen molar-refractivity contribution in [1.29, 1.82) is 0 Å². The molecule has 0 unspecified atom stereocenters. The second kappa shape index (κ2) is 6.76. The zero-order valence-corrected chi connectivity index (χ0v) is 10.7. The lowest BCUT2D eigenvalue weighted by molar-refractivity contribution is -0.142. The first kappa shape index (κ1) is 14.2. The second-order valence-electron chi connectivity index (χ2n) is 3.77.